The van der Waals surface area contributed by atoms with E-state index < -0.39 is 24.2 Å². The minimum atomic E-state index is -1.20. The Bertz CT molecular complexity index is 938. The summed E-state index contributed by atoms with van der Waals surface area (Å²) in [6, 6.07) is 16.1. The maximum atomic E-state index is 12.7. The van der Waals surface area contributed by atoms with Gasteiger partial charge in [0.1, 0.15) is 0 Å². The van der Waals surface area contributed by atoms with E-state index in [1.807, 2.05) is 50.2 Å². The lowest BCUT2D eigenvalue weighted by atomic mass is 9.93. The van der Waals surface area contributed by atoms with Gasteiger partial charge in [-0.15, -0.1) is 0 Å². The third-order valence-corrected chi connectivity index (χ3v) is 5.20. The number of Topliss-reactive ketones (excluding diaryl/α,β-unsaturated/α-hetero) is 1. The molecule has 7 nitrogen and oxygen atoms in total. The van der Waals surface area contributed by atoms with Crippen LogP contribution in [-0.4, -0.2) is 54.1 Å². The zero-order valence-corrected chi connectivity index (χ0v) is 17.8. The summed E-state index contributed by atoms with van der Waals surface area (Å²) in [5.74, 6) is -1.03. The number of ketones is 1. The van der Waals surface area contributed by atoms with E-state index in [0.717, 1.165) is 11.1 Å². The van der Waals surface area contributed by atoms with Crippen LogP contribution < -0.4 is 10.6 Å². The standard InChI is InChI=1S/C24H28N2O5/c1-16(2)11-20(22(29)24(14-27)15-31-24)26-21(28)13-25-23(30)19-10-6-9-18(12-19)17-7-4-3-5-8-17/h3-10,12,16,20,27H,11,13-15H2,1-2H3,(H,25,30)(H,26,28). The Morgan fingerprint density at radius 1 is 1.06 bits per heavy atom. The first-order valence-corrected chi connectivity index (χ1v) is 10.4. The highest BCUT2D eigenvalue weighted by Gasteiger charge is 2.54. The van der Waals surface area contributed by atoms with Crippen molar-refractivity contribution < 1.29 is 24.2 Å². The topological polar surface area (TPSA) is 108 Å². The molecule has 2 unspecified atom stereocenters. The molecular formula is C24H28N2O5. The molecule has 3 N–H and O–H groups in total. The lowest BCUT2D eigenvalue weighted by Gasteiger charge is -2.22. The summed E-state index contributed by atoms with van der Waals surface area (Å²) < 4.78 is 5.13. The van der Waals surface area contributed by atoms with Crippen molar-refractivity contribution in [1.82, 2.24) is 10.6 Å². The highest BCUT2D eigenvalue weighted by Crippen LogP contribution is 2.30. The quantitative estimate of drug-likeness (QED) is 0.505. The smallest absolute Gasteiger partial charge is 0.251 e. The van der Waals surface area contributed by atoms with Crippen LogP contribution in [-0.2, 0) is 14.3 Å². The van der Waals surface area contributed by atoms with E-state index in [1.54, 1.807) is 18.2 Å². The summed E-state index contributed by atoms with van der Waals surface area (Å²) in [7, 11) is 0. The number of ether oxygens (including phenoxy) is 1. The average Bonchev–Trinajstić information content (AvgIpc) is 3.58. The molecule has 1 aliphatic heterocycles. The van der Waals surface area contributed by atoms with E-state index in [2.05, 4.69) is 10.6 Å². The molecule has 1 aliphatic rings. The van der Waals surface area contributed by atoms with Gasteiger partial charge in [0.15, 0.2) is 11.4 Å². The SMILES string of the molecule is CC(C)CC(NC(=O)CNC(=O)c1cccc(-c2ccccc2)c1)C(=O)C1(CO)CO1. The average molecular weight is 424 g/mol. The van der Waals surface area contributed by atoms with Gasteiger partial charge in [-0.3, -0.25) is 14.4 Å². The van der Waals surface area contributed by atoms with Crippen molar-refractivity contribution in [2.24, 2.45) is 5.92 Å². The Labute approximate surface area is 181 Å². The number of aliphatic hydroxyl groups is 1. The molecule has 2 aromatic carbocycles. The summed E-state index contributed by atoms with van der Waals surface area (Å²) in [6.45, 7) is 3.36. The predicted octanol–water partition coefficient (Wildman–Crippen LogP) is 1.94. The highest BCUT2D eigenvalue weighted by molar-refractivity contribution is 5.99. The van der Waals surface area contributed by atoms with Crippen LogP contribution in [0.2, 0.25) is 0 Å². The highest BCUT2D eigenvalue weighted by atomic mass is 16.6. The maximum absolute atomic E-state index is 12.7. The molecule has 1 heterocycles. The van der Waals surface area contributed by atoms with E-state index in [9.17, 15) is 19.5 Å². The van der Waals surface area contributed by atoms with Crippen molar-refractivity contribution in [3.8, 4) is 11.1 Å². The Hall–Kier alpha value is -3.03. The second-order valence-electron chi connectivity index (χ2n) is 8.18. The first-order chi connectivity index (χ1) is 14.8. The fourth-order valence-corrected chi connectivity index (χ4v) is 3.40. The van der Waals surface area contributed by atoms with Crippen LogP contribution in [0.4, 0.5) is 0 Å². The number of amides is 2. The normalized spacial score (nSPS) is 18.3. The number of aliphatic hydroxyl groups excluding tert-OH is 1. The number of nitrogens with one attached hydrogen (secondary N) is 2. The van der Waals surface area contributed by atoms with Gasteiger partial charge in [0.25, 0.3) is 5.91 Å². The molecule has 0 aromatic heterocycles. The van der Waals surface area contributed by atoms with Gasteiger partial charge in [-0.2, -0.15) is 0 Å². The molecule has 164 valence electrons. The number of carbonyl (C=O) groups is 3. The molecule has 1 saturated heterocycles. The van der Waals surface area contributed by atoms with Crippen LogP contribution in [0, 0.1) is 5.92 Å². The van der Waals surface area contributed by atoms with Crippen LogP contribution in [0.3, 0.4) is 0 Å². The first-order valence-electron chi connectivity index (χ1n) is 10.4. The van der Waals surface area contributed by atoms with Crippen molar-refractivity contribution in [2.75, 3.05) is 19.8 Å². The number of epoxide rings is 1. The second kappa shape index (κ2) is 9.85. The molecule has 0 saturated carbocycles. The zero-order valence-electron chi connectivity index (χ0n) is 17.8. The van der Waals surface area contributed by atoms with E-state index >= 15 is 0 Å². The minimum Gasteiger partial charge on any atom is -0.393 e. The summed E-state index contributed by atoms with van der Waals surface area (Å²) in [6.07, 6.45) is 0.419. The van der Waals surface area contributed by atoms with Gasteiger partial charge in [-0.05, 0) is 35.6 Å². The molecule has 0 bridgehead atoms. The van der Waals surface area contributed by atoms with Gasteiger partial charge in [0.2, 0.25) is 5.91 Å². The fraction of sp³-hybridized carbons (Fsp3) is 0.375. The molecule has 1 fully saturated rings. The van der Waals surface area contributed by atoms with Crippen LogP contribution in [0.25, 0.3) is 11.1 Å². The molecule has 0 spiro atoms. The summed E-state index contributed by atoms with van der Waals surface area (Å²) in [4.78, 5) is 37.6. The number of hydrogen-bond donors (Lipinski definition) is 3. The van der Waals surface area contributed by atoms with E-state index in [4.69, 9.17) is 4.74 Å². The zero-order chi connectivity index (χ0) is 22.4. The first kappa shape index (κ1) is 22.7. The molecular weight excluding hydrogens is 396 g/mol. The van der Waals surface area contributed by atoms with Gasteiger partial charge in [0, 0.05) is 5.56 Å². The van der Waals surface area contributed by atoms with Gasteiger partial charge in [-0.25, -0.2) is 0 Å². The van der Waals surface area contributed by atoms with E-state index in [0.29, 0.717) is 12.0 Å². The van der Waals surface area contributed by atoms with Gasteiger partial charge in [-0.1, -0.05) is 56.3 Å². The third-order valence-electron chi connectivity index (χ3n) is 5.20. The Kier molecular flexibility index (Phi) is 7.20. The number of hydrogen-bond acceptors (Lipinski definition) is 5. The molecule has 2 aromatic rings. The molecule has 2 atom stereocenters. The molecule has 2 amide bonds. The molecule has 7 heteroatoms. The van der Waals surface area contributed by atoms with Gasteiger partial charge >= 0.3 is 0 Å². The largest absolute Gasteiger partial charge is 0.393 e. The van der Waals surface area contributed by atoms with Crippen LogP contribution in [0.15, 0.2) is 54.6 Å². The fourth-order valence-electron chi connectivity index (χ4n) is 3.40. The lowest BCUT2D eigenvalue weighted by Crippen LogP contribution is -2.51. The van der Waals surface area contributed by atoms with Crippen molar-refractivity contribution in [1.29, 1.82) is 0 Å². The number of rotatable bonds is 10. The second-order valence-corrected chi connectivity index (χ2v) is 8.18. The van der Waals surface area contributed by atoms with Crippen LogP contribution >= 0.6 is 0 Å². The number of benzene rings is 2. The molecule has 3 rings (SSSR count). The summed E-state index contributed by atoms with van der Waals surface area (Å²) in [5.41, 5.74) is 1.13. The Morgan fingerprint density at radius 3 is 2.35 bits per heavy atom. The summed E-state index contributed by atoms with van der Waals surface area (Å²) >= 11 is 0. The van der Waals surface area contributed by atoms with Crippen molar-refractivity contribution >= 4 is 17.6 Å². The van der Waals surface area contributed by atoms with E-state index in [1.165, 1.54) is 0 Å². The van der Waals surface area contributed by atoms with Gasteiger partial charge < -0.3 is 20.5 Å². The molecule has 0 radical (unpaired) electrons. The van der Waals surface area contributed by atoms with Crippen molar-refractivity contribution in [3.63, 3.8) is 0 Å². The Morgan fingerprint density at radius 2 is 1.74 bits per heavy atom. The predicted molar refractivity (Wildman–Crippen MR) is 116 cm³/mol. The lowest BCUT2D eigenvalue weighted by molar-refractivity contribution is -0.131. The van der Waals surface area contributed by atoms with Gasteiger partial charge in [0.05, 0.1) is 25.8 Å². The minimum absolute atomic E-state index is 0.152. The Balaban J connectivity index is 1.59. The van der Waals surface area contributed by atoms with Crippen molar-refractivity contribution in [2.45, 2.75) is 31.9 Å². The summed E-state index contributed by atoms with van der Waals surface area (Å²) in [5, 5.41) is 14.7. The monoisotopic (exact) mass is 424 g/mol. The van der Waals surface area contributed by atoms with Crippen LogP contribution in [0.5, 0.6) is 0 Å². The molecule has 31 heavy (non-hydrogen) atoms. The molecule has 0 aliphatic carbocycles. The van der Waals surface area contributed by atoms with E-state index in [-0.39, 0.29) is 30.8 Å². The third kappa shape index (κ3) is 5.77. The van der Waals surface area contributed by atoms with Crippen molar-refractivity contribution in [3.05, 3.63) is 60.2 Å². The maximum Gasteiger partial charge on any atom is 0.251 e. The number of carbonyl (C=O) groups excluding carboxylic acids is 3. The van der Waals surface area contributed by atoms with Crippen LogP contribution in [0.1, 0.15) is 30.6 Å².